The van der Waals surface area contributed by atoms with Gasteiger partial charge >= 0.3 is 0 Å². The molecule has 2 N–H and O–H groups in total. The van der Waals surface area contributed by atoms with Gasteiger partial charge in [0.1, 0.15) is 11.6 Å². The van der Waals surface area contributed by atoms with Crippen LogP contribution in [0.1, 0.15) is 0 Å². The number of benzene rings is 1. The molecule has 2 aromatic rings. The standard InChI is InChI=1S/C13H12BrCl2N3O/c1-17-12-9(15)6-10(16)13(19-12)18-7-3-4-8(14)11(5-7)20-2/h3-6H,1-2H3,(H2,17,18,19). The summed E-state index contributed by atoms with van der Waals surface area (Å²) in [6.45, 7) is 0. The molecule has 0 saturated heterocycles. The van der Waals surface area contributed by atoms with E-state index in [1.807, 2.05) is 18.2 Å². The SMILES string of the molecule is CNc1nc(Nc2ccc(Br)c(OC)c2)c(Cl)cc1Cl. The molecule has 0 saturated carbocycles. The van der Waals surface area contributed by atoms with Crippen molar-refractivity contribution in [2.24, 2.45) is 0 Å². The number of hydrogen-bond acceptors (Lipinski definition) is 4. The Kier molecular flexibility index (Phi) is 4.96. The minimum absolute atomic E-state index is 0.441. The van der Waals surface area contributed by atoms with Crippen LogP contribution in [0.5, 0.6) is 5.75 Å². The van der Waals surface area contributed by atoms with E-state index >= 15 is 0 Å². The summed E-state index contributed by atoms with van der Waals surface area (Å²) in [5.41, 5.74) is 0.809. The Bertz CT molecular complexity index is 637. The summed E-state index contributed by atoms with van der Waals surface area (Å²) in [6.07, 6.45) is 0. The van der Waals surface area contributed by atoms with Crippen LogP contribution in [0.25, 0.3) is 0 Å². The summed E-state index contributed by atoms with van der Waals surface area (Å²) < 4.78 is 6.12. The monoisotopic (exact) mass is 375 g/mol. The Morgan fingerprint density at radius 2 is 1.85 bits per heavy atom. The van der Waals surface area contributed by atoms with Crippen LogP contribution in [0.4, 0.5) is 17.3 Å². The lowest BCUT2D eigenvalue weighted by atomic mass is 10.3. The number of anilines is 3. The van der Waals surface area contributed by atoms with Crippen molar-refractivity contribution in [3.8, 4) is 5.75 Å². The first-order chi connectivity index (χ1) is 9.55. The average Bonchev–Trinajstić information content (AvgIpc) is 2.43. The molecule has 1 aromatic heterocycles. The molecule has 1 heterocycles. The Balaban J connectivity index is 2.34. The van der Waals surface area contributed by atoms with Gasteiger partial charge in [0.25, 0.3) is 0 Å². The summed E-state index contributed by atoms with van der Waals surface area (Å²) >= 11 is 15.5. The average molecular weight is 377 g/mol. The van der Waals surface area contributed by atoms with E-state index in [9.17, 15) is 0 Å². The zero-order valence-corrected chi connectivity index (χ0v) is 13.9. The van der Waals surface area contributed by atoms with Gasteiger partial charge in [0.2, 0.25) is 0 Å². The molecule has 0 aliphatic carbocycles. The van der Waals surface area contributed by atoms with Crippen molar-refractivity contribution in [1.82, 2.24) is 4.98 Å². The lowest BCUT2D eigenvalue weighted by Crippen LogP contribution is -2.00. The van der Waals surface area contributed by atoms with Gasteiger partial charge in [-0.3, -0.25) is 0 Å². The lowest BCUT2D eigenvalue weighted by Gasteiger charge is -2.12. The van der Waals surface area contributed by atoms with Crippen molar-refractivity contribution in [1.29, 1.82) is 0 Å². The second-order valence-corrected chi connectivity index (χ2v) is 5.54. The van der Waals surface area contributed by atoms with E-state index in [1.165, 1.54) is 0 Å². The number of ether oxygens (including phenoxy) is 1. The second-order valence-electron chi connectivity index (χ2n) is 3.87. The van der Waals surface area contributed by atoms with Gasteiger partial charge in [-0.25, -0.2) is 4.98 Å². The zero-order valence-electron chi connectivity index (χ0n) is 10.8. The Morgan fingerprint density at radius 1 is 1.15 bits per heavy atom. The maximum absolute atomic E-state index is 6.14. The summed E-state index contributed by atoms with van der Waals surface area (Å²) in [4.78, 5) is 4.32. The lowest BCUT2D eigenvalue weighted by molar-refractivity contribution is 0.412. The molecule has 0 radical (unpaired) electrons. The number of nitrogens with one attached hydrogen (secondary N) is 2. The third-order valence-corrected chi connectivity index (χ3v) is 3.81. The van der Waals surface area contributed by atoms with Crippen LogP contribution in [-0.4, -0.2) is 19.1 Å². The Labute approximate surface area is 135 Å². The third kappa shape index (κ3) is 3.29. The maximum Gasteiger partial charge on any atom is 0.151 e. The molecule has 20 heavy (non-hydrogen) atoms. The molecule has 0 unspecified atom stereocenters. The van der Waals surface area contributed by atoms with Crippen molar-refractivity contribution in [2.75, 3.05) is 24.8 Å². The van der Waals surface area contributed by atoms with E-state index in [2.05, 4.69) is 31.5 Å². The molecule has 4 nitrogen and oxygen atoms in total. The first kappa shape index (κ1) is 15.2. The molecule has 0 atom stereocenters. The highest BCUT2D eigenvalue weighted by Gasteiger charge is 2.09. The molecule has 0 fully saturated rings. The highest BCUT2D eigenvalue weighted by atomic mass is 79.9. The normalized spacial score (nSPS) is 10.2. The van der Waals surface area contributed by atoms with Gasteiger partial charge in [-0.1, -0.05) is 23.2 Å². The molecular weight excluding hydrogens is 365 g/mol. The van der Waals surface area contributed by atoms with Crippen LogP contribution in [-0.2, 0) is 0 Å². The number of pyridine rings is 1. The quantitative estimate of drug-likeness (QED) is 0.792. The highest BCUT2D eigenvalue weighted by molar-refractivity contribution is 9.10. The molecule has 0 spiro atoms. The third-order valence-electron chi connectivity index (χ3n) is 2.58. The first-order valence-electron chi connectivity index (χ1n) is 5.69. The summed E-state index contributed by atoms with van der Waals surface area (Å²) in [7, 11) is 3.35. The van der Waals surface area contributed by atoms with Gasteiger partial charge in [0.05, 0.1) is 21.6 Å². The number of aromatic nitrogens is 1. The molecule has 1 aromatic carbocycles. The van der Waals surface area contributed by atoms with Crippen LogP contribution in [0.3, 0.4) is 0 Å². The molecule has 0 aliphatic heterocycles. The fraction of sp³-hybridized carbons (Fsp3) is 0.154. The summed E-state index contributed by atoms with van der Waals surface area (Å²) in [6, 6.07) is 7.25. The molecule has 0 aliphatic rings. The van der Waals surface area contributed by atoms with Gasteiger partial charge < -0.3 is 15.4 Å². The fourth-order valence-corrected chi connectivity index (χ4v) is 2.51. The predicted molar refractivity (Wildman–Crippen MR) is 87.8 cm³/mol. The molecule has 0 amide bonds. The minimum Gasteiger partial charge on any atom is -0.495 e. The van der Waals surface area contributed by atoms with Crippen molar-refractivity contribution in [3.63, 3.8) is 0 Å². The largest absolute Gasteiger partial charge is 0.495 e. The topological polar surface area (TPSA) is 46.2 Å². The second kappa shape index (κ2) is 6.52. The first-order valence-corrected chi connectivity index (χ1v) is 7.24. The molecule has 106 valence electrons. The smallest absolute Gasteiger partial charge is 0.151 e. The van der Waals surface area contributed by atoms with E-state index in [4.69, 9.17) is 27.9 Å². The van der Waals surface area contributed by atoms with E-state index in [0.29, 0.717) is 27.4 Å². The van der Waals surface area contributed by atoms with Gasteiger partial charge in [0.15, 0.2) is 5.82 Å². The van der Waals surface area contributed by atoms with E-state index in [1.54, 1.807) is 20.2 Å². The van der Waals surface area contributed by atoms with Gasteiger partial charge in [-0.15, -0.1) is 0 Å². The van der Waals surface area contributed by atoms with Crippen LogP contribution in [0.15, 0.2) is 28.7 Å². The van der Waals surface area contributed by atoms with Crippen LogP contribution in [0, 0.1) is 0 Å². The molecule has 0 bridgehead atoms. The van der Waals surface area contributed by atoms with Gasteiger partial charge in [-0.2, -0.15) is 0 Å². The van der Waals surface area contributed by atoms with Crippen LogP contribution < -0.4 is 15.4 Å². The minimum atomic E-state index is 0.441. The van der Waals surface area contributed by atoms with Crippen molar-refractivity contribution in [3.05, 3.63) is 38.8 Å². The van der Waals surface area contributed by atoms with E-state index in [-0.39, 0.29) is 0 Å². The zero-order chi connectivity index (χ0) is 14.7. The number of rotatable bonds is 4. The molecule has 7 heteroatoms. The Morgan fingerprint density at radius 3 is 2.50 bits per heavy atom. The van der Waals surface area contributed by atoms with Crippen molar-refractivity contribution >= 4 is 56.5 Å². The van der Waals surface area contributed by atoms with Gasteiger partial charge in [0, 0.05) is 18.8 Å². The summed E-state index contributed by atoms with van der Waals surface area (Å²) in [5, 5.41) is 6.95. The Hall–Kier alpha value is -1.17. The van der Waals surface area contributed by atoms with Crippen molar-refractivity contribution in [2.45, 2.75) is 0 Å². The number of halogens is 3. The maximum atomic E-state index is 6.14. The molecular formula is C13H12BrCl2N3O. The molecule has 2 rings (SSSR count). The predicted octanol–water partition coefficient (Wildman–Crippen LogP) is 4.94. The van der Waals surface area contributed by atoms with Crippen molar-refractivity contribution < 1.29 is 4.74 Å². The number of nitrogens with zero attached hydrogens (tertiary/aromatic N) is 1. The van der Waals surface area contributed by atoms with E-state index < -0.39 is 0 Å². The fourth-order valence-electron chi connectivity index (χ4n) is 1.60. The highest BCUT2D eigenvalue weighted by Crippen LogP contribution is 2.33. The van der Waals surface area contributed by atoms with Crippen LogP contribution >= 0.6 is 39.1 Å². The number of hydrogen-bond donors (Lipinski definition) is 2. The van der Waals surface area contributed by atoms with Crippen LogP contribution in [0.2, 0.25) is 10.0 Å². The summed E-state index contributed by atoms with van der Waals surface area (Å²) in [5.74, 6) is 1.79. The number of methoxy groups -OCH3 is 1. The van der Waals surface area contributed by atoms with E-state index in [0.717, 1.165) is 10.2 Å². The van der Waals surface area contributed by atoms with Gasteiger partial charge in [-0.05, 0) is 34.1 Å².